The highest BCUT2D eigenvalue weighted by Crippen LogP contribution is 2.62. The molecule has 3 saturated heterocycles. The molecule has 3 aromatic carbocycles. The van der Waals surface area contributed by atoms with E-state index in [9.17, 15) is 14.9 Å². The van der Waals surface area contributed by atoms with Crippen LogP contribution in [-0.4, -0.2) is 29.6 Å². The Morgan fingerprint density at radius 1 is 1.06 bits per heavy atom. The Balaban J connectivity index is 1.33. The van der Waals surface area contributed by atoms with Gasteiger partial charge >= 0.3 is 0 Å². The topological polar surface area (TPSA) is 79.6 Å². The fourth-order valence-corrected chi connectivity index (χ4v) is 6.68. The molecule has 36 heavy (non-hydrogen) atoms. The molecule has 3 aliphatic rings. The van der Waals surface area contributed by atoms with E-state index in [1.807, 2.05) is 31.2 Å². The van der Waals surface area contributed by atoms with Crippen molar-refractivity contribution in [2.45, 2.75) is 37.4 Å². The Morgan fingerprint density at radius 3 is 2.58 bits per heavy atom. The normalized spacial score (nSPS) is 28.6. The summed E-state index contributed by atoms with van der Waals surface area (Å²) >= 11 is 12.3. The maximum Gasteiger partial charge on any atom is 0.240 e. The zero-order valence-corrected chi connectivity index (χ0v) is 21.0. The molecule has 6 nitrogen and oxygen atoms in total. The van der Waals surface area contributed by atoms with Crippen molar-refractivity contribution in [2.24, 2.45) is 11.8 Å². The summed E-state index contributed by atoms with van der Waals surface area (Å²) in [7, 11) is 0. The summed E-state index contributed by atoms with van der Waals surface area (Å²) in [5.74, 6) is -1.21. The second-order valence-electron chi connectivity index (χ2n) is 9.91. The first-order valence-electron chi connectivity index (χ1n) is 11.9. The minimum absolute atomic E-state index is 0.247. The molecule has 0 radical (unpaired) electrons. The van der Waals surface area contributed by atoms with Gasteiger partial charge in [-0.25, -0.2) is 4.90 Å². The number of rotatable bonds is 5. The van der Waals surface area contributed by atoms with Crippen LogP contribution in [0.5, 0.6) is 5.75 Å². The van der Waals surface area contributed by atoms with Gasteiger partial charge in [-0.2, -0.15) is 5.26 Å². The third kappa shape index (κ3) is 3.27. The predicted molar refractivity (Wildman–Crippen MR) is 136 cm³/mol. The van der Waals surface area contributed by atoms with Crippen LogP contribution in [0.15, 0.2) is 54.6 Å². The molecule has 3 heterocycles. The second-order valence-corrected chi connectivity index (χ2v) is 10.8. The van der Waals surface area contributed by atoms with Crippen molar-refractivity contribution >= 4 is 51.5 Å². The van der Waals surface area contributed by atoms with E-state index < -0.39 is 23.0 Å². The van der Waals surface area contributed by atoms with Crippen molar-refractivity contribution < 1.29 is 19.1 Å². The molecule has 0 spiro atoms. The molecule has 3 aliphatic heterocycles. The van der Waals surface area contributed by atoms with Crippen LogP contribution in [0, 0.1) is 23.2 Å². The first-order chi connectivity index (χ1) is 17.3. The lowest BCUT2D eigenvalue weighted by Crippen LogP contribution is -2.43. The van der Waals surface area contributed by atoms with E-state index in [4.69, 9.17) is 32.7 Å². The third-order valence-corrected chi connectivity index (χ3v) is 8.50. The fourth-order valence-electron chi connectivity index (χ4n) is 6.34. The van der Waals surface area contributed by atoms with Crippen LogP contribution < -0.4 is 9.64 Å². The van der Waals surface area contributed by atoms with Crippen molar-refractivity contribution in [1.82, 2.24) is 0 Å². The summed E-state index contributed by atoms with van der Waals surface area (Å²) < 4.78 is 12.4. The van der Waals surface area contributed by atoms with E-state index in [2.05, 4.69) is 6.07 Å². The number of carbonyl (C=O) groups excluding carboxylic acids is 2. The average molecular weight is 521 g/mol. The fraction of sp³-hybridized carbons (Fsp3) is 0.321. The maximum absolute atomic E-state index is 13.9. The number of carbonyl (C=O) groups is 2. The van der Waals surface area contributed by atoms with Gasteiger partial charge in [0.15, 0.2) is 0 Å². The van der Waals surface area contributed by atoms with Gasteiger partial charge < -0.3 is 9.47 Å². The molecular weight excluding hydrogens is 499 g/mol. The monoisotopic (exact) mass is 520 g/mol. The number of anilines is 1. The quantitative estimate of drug-likeness (QED) is 0.390. The Labute approximate surface area is 218 Å². The van der Waals surface area contributed by atoms with Crippen LogP contribution in [0.1, 0.15) is 31.7 Å². The predicted octanol–water partition coefficient (Wildman–Crippen LogP) is 5.91. The van der Waals surface area contributed by atoms with Crippen molar-refractivity contribution in [1.29, 1.82) is 5.26 Å². The van der Waals surface area contributed by atoms with E-state index in [1.165, 1.54) is 4.90 Å². The highest BCUT2D eigenvalue weighted by molar-refractivity contribution is 6.34. The van der Waals surface area contributed by atoms with Gasteiger partial charge in [0.25, 0.3) is 0 Å². The number of hydrogen-bond acceptors (Lipinski definition) is 5. The van der Waals surface area contributed by atoms with Crippen LogP contribution in [0.2, 0.25) is 10.0 Å². The molecule has 8 heteroatoms. The number of nitrogens with zero attached hydrogens (tertiary/aromatic N) is 2. The molecule has 182 valence electrons. The van der Waals surface area contributed by atoms with Gasteiger partial charge in [-0.1, -0.05) is 47.5 Å². The zero-order chi connectivity index (χ0) is 25.2. The summed E-state index contributed by atoms with van der Waals surface area (Å²) in [6, 6.07) is 17.9. The number of imide groups is 1. The molecule has 0 N–H and O–H groups in total. The first kappa shape index (κ1) is 23.3. The van der Waals surface area contributed by atoms with Gasteiger partial charge in [-0.3, -0.25) is 9.59 Å². The second kappa shape index (κ2) is 8.21. The highest BCUT2D eigenvalue weighted by Gasteiger charge is 2.73. The molecule has 2 amide bonds. The first-order valence-corrected chi connectivity index (χ1v) is 12.6. The van der Waals surface area contributed by atoms with Gasteiger partial charge in [-0.15, -0.1) is 0 Å². The molecule has 2 bridgehead atoms. The molecule has 3 aromatic rings. The van der Waals surface area contributed by atoms with E-state index in [1.54, 1.807) is 30.3 Å². The lowest BCUT2D eigenvalue weighted by atomic mass is 9.67. The smallest absolute Gasteiger partial charge is 0.240 e. The summed E-state index contributed by atoms with van der Waals surface area (Å²) in [4.78, 5) is 29.1. The summed E-state index contributed by atoms with van der Waals surface area (Å²) in [5.41, 5.74) is -0.511. The van der Waals surface area contributed by atoms with Crippen LogP contribution in [0.3, 0.4) is 0 Å². The van der Waals surface area contributed by atoms with E-state index in [0.29, 0.717) is 57.1 Å². The molecule has 3 fully saturated rings. The van der Waals surface area contributed by atoms with Crippen LogP contribution in [0.25, 0.3) is 10.8 Å². The minimum atomic E-state index is -0.797. The number of halogens is 2. The third-order valence-electron chi connectivity index (χ3n) is 7.95. The van der Waals surface area contributed by atoms with Crippen molar-refractivity contribution in [3.8, 4) is 11.8 Å². The molecule has 0 aromatic heterocycles. The average Bonchev–Trinajstić information content (AvgIpc) is 3.45. The number of amides is 2. The summed E-state index contributed by atoms with van der Waals surface area (Å²) in [6.07, 6.45) is 1.79. The zero-order valence-electron chi connectivity index (χ0n) is 19.5. The van der Waals surface area contributed by atoms with Gasteiger partial charge in [-0.05, 0) is 44.0 Å². The Morgan fingerprint density at radius 2 is 1.81 bits per heavy atom. The largest absolute Gasteiger partial charge is 0.492 e. The van der Waals surface area contributed by atoms with E-state index in [-0.39, 0.29) is 18.4 Å². The highest BCUT2D eigenvalue weighted by atomic mass is 35.5. The number of benzene rings is 3. The van der Waals surface area contributed by atoms with Crippen molar-refractivity contribution in [2.75, 3.05) is 11.5 Å². The van der Waals surface area contributed by atoms with Gasteiger partial charge in [0.1, 0.15) is 5.75 Å². The lowest BCUT2D eigenvalue weighted by molar-refractivity contribution is -0.131. The minimum Gasteiger partial charge on any atom is -0.492 e. The number of ether oxygens (including phenoxy) is 2. The Kier molecular flexibility index (Phi) is 5.31. The standard InChI is InChI=1S/C28H22Cl2N2O4/c1-27-10-11-28(36-27,12-13-35-22-14-17(29)7-8-20(22)30)24-23(27)25(33)32(26(24)34)21-9-6-16(15-31)18-4-2-3-5-19(18)21/h2-9,14,23-24H,10-13H2,1H3. The molecule has 0 aliphatic carbocycles. The molecule has 6 rings (SSSR count). The van der Waals surface area contributed by atoms with Crippen LogP contribution in [-0.2, 0) is 14.3 Å². The molecule has 4 atom stereocenters. The Bertz CT molecular complexity index is 1480. The number of nitriles is 1. The van der Waals surface area contributed by atoms with Crippen molar-refractivity contribution in [3.63, 3.8) is 0 Å². The number of fused-ring (bicyclic) bond motifs is 6. The maximum atomic E-state index is 13.9. The van der Waals surface area contributed by atoms with Crippen LogP contribution in [0.4, 0.5) is 5.69 Å². The Hall–Kier alpha value is -3.11. The SMILES string of the molecule is CC12CCC(CCOc3cc(Cl)ccc3Cl)(O1)C1C(=O)N(c3ccc(C#N)c4ccccc34)C(=O)C12. The van der Waals surface area contributed by atoms with E-state index in [0.717, 1.165) is 0 Å². The van der Waals surface area contributed by atoms with Crippen LogP contribution >= 0.6 is 23.2 Å². The van der Waals surface area contributed by atoms with E-state index >= 15 is 0 Å². The van der Waals surface area contributed by atoms with Gasteiger partial charge in [0.2, 0.25) is 11.8 Å². The molecular formula is C28H22Cl2N2O4. The van der Waals surface area contributed by atoms with Gasteiger partial charge in [0, 0.05) is 28.3 Å². The summed E-state index contributed by atoms with van der Waals surface area (Å²) in [6.45, 7) is 2.19. The van der Waals surface area contributed by atoms with Gasteiger partial charge in [0.05, 0.1) is 52.0 Å². The number of hydrogen-bond donors (Lipinski definition) is 0. The molecule has 0 saturated carbocycles. The molecule has 4 unspecified atom stereocenters. The summed E-state index contributed by atoms with van der Waals surface area (Å²) in [5, 5.41) is 11.9. The van der Waals surface area contributed by atoms with Crippen molar-refractivity contribution in [3.05, 3.63) is 70.2 Å². The lowest BCUT2D eigenvalue weighted by Gasteiger charge is -2.31.